The van der Waals surface area contributed by atoms with Gasteiger partial charge in [0, 0.05) is 12.7 Å². The average molecular weight is 260 g/mol. The molecule has 1 saturated heterocycles. The Hall–Kier alpha value is -2.44. The molecular formula is C12H12N4O3. The fraction of sp³-hybridized carbons (Fsp3) is 0.333. The van der Waals surface area contributed by atoms with Gasteiger partial charge < -0.3 is 10.0 Å². The molecule has 1 unspecified atom stereocenters. The summed E-state index contributed by atoms with van der Waals surface area (Å²) in [7, 11) is 0. The molecule has 1 aliphatic rings. The number of aromatic nitrogens is 3. The molecular weight excluding hydrogens is 248 g/mol. The van der Waals surface area contributed by atoms with E-state index in [0.717, 1.165) is 0 Å². The van der Waals surface area contributed by atoms with Crippen LogP contribution in [0.3, 0.4) is 0 Å². The van der Waals surface area contributed by atoms with Crippen molar-refractivity contribution in [1.82, 2.24) is 19.7 Å². The zero-order valence-electron chi connectivity index (χ0n) is 10.1. The van der Waals surface area contributed by atoms with Crippen molar-refractivity contribution in [2.24, 2.45) is 0 Å². The minimum absolute atomic E-state index is 0.298. The van der Waals surface area contributed by atoms with Gasteiger partial charge in [-0.25, -0.2) is 4.79 Å². The lowest BCUT2D eigenvalue weighted by molar-refractivity contribution is -0.141. The molecule has 0 aliphatic carbocycles. The van der Waals surface area contributed by atoms with Crippen molar-refractivity contribution in [3.63, 3.8) is 0 Å². The number of amides is 1. The lowest BCUT2D eigenvalue weighted by Gasteiger charge is -2.20. The molecule has 2 aromatic heterocycles. The highest BCUT2D eigenvalue weighted by Gasteiger charge is 2.35. The number of nitrogens with zero attached hydrogens (tertiary/aromatic N) is 4. The van der Waals surface area contributed by atoms with Gasteiger partial charge in [0.25, 0.3) is 5.91 Å². The highest BCUT2D eigenvalue weighted by atomic mass is 16.4. The van der Waals surface area contributed by atoms with E-state index in [2.05, 4.69) is 10.2 Å². The maximum atomic E-state index is 12.4. The SMILES string of the molecule is O=C(O)C1CCCN1C(=O)c1cnn2ncccc12. The molecule has 0 saturated carbocycles. The largest absolute Gasteiger partial charge is 0.480 e. The maximum Gasteiger partial charge on any atom is 0.326 e. The highest BCUT2D eigenvalue weighted by molar-refractivity contribution is 6.02. The number of aliphatic carboxylic acids is 1. The van der Waals surface area contributed by atoms with Gasteiger partial charge in [-0.2, -0.15) is 14.8 Å². The molecule has 2 aromatic rings. The Morgan fingerprint density at radius 2 is 2.21 bits per heavy atom. The van der Waals surface area contributed by atoms with Crippen LogP contribution in [0, 0.1) is 0 Å². The Kier molecular flexibility index (Phi) is 2.66. The zero-order chi connectivity index (χ0) is 13.4. The number of hydrogen-bond acceptors (Lipinski definition) is 4. The quantitative estimate of drug-likeness (QED) is 0.845. The van der Waals surface area contributed by atoms with E-state index >= 15 is 0 Å². The monoisotopic (exact) mass is 260 g/mol. The Balaban J connectivity index is 1.98. The predicted octanol–water partition coefficient (Wildman–Crippen LogP) is 0.418. The summed E-state index contributed by atoms with van der Waals surface area (Å²) in [6.45, 7) is 0.466. The molecule has 0 aromatic carbocycles. The number of carbonyl (C=O) groups is 2. The second kappa shape index (κ2) is 4.34. The van der Waals surface area contributed by atoms with E-state index < -0.39 is 12.0 Å². The van der Waals surface area contributed by atoms with E-state index in [-0.39, 0.29) is 5.91 Å². The van der Waals surface area contributed by atoms with Crippen molar-refractivity contribution in [3.8, 4) is 0 Å². The van der Waals surface area contributed by atoms with Crippen molar-refractivity contribution in [3.05, 3.63) is 30.1 Å². The number of likely N-dealkylation sites (tertiary alicyclic amines) is 1. The van der Waals surface area contributed by atoms with Crippen LogP contribution in [0.5, 0.6) is 0 Å². The molecule has 0 radical (unpaired) electrons. The minimum Gasteiger partial charge on any atom is -0.480 e. The Morgan fingerprint density at radius 1 is 1.37 bits per heavy atom. The van der Waals surface area contributed by atoms with Crippen LogP contribution in [0.2, 0.25) is 0 Å². The first-order valence-electron chi connectivity index (χ1n) is 6.01. The summed E-state index contributed by atoms with van der Waals surface area (Å²) in [5.74, 6) is -1.26. The summed E-state index contributed by atoms with van der Waals surface area (Å²) < 4.78 is 1.36. The zero-order valence-corrected chi connectivity index (χ0v) is 10.1. The molecule has 1 N–H and O–H groups in total. The van der Waals surface area contributed by atoms with Gasteiger partial charge in [0.2, 0.25) is 0 Å². The van der Waals surface area contributed by atoms with E-state index in [1.165, 1.54) is 15.7 Å². The molecule has 3 heterocycles. The van der Waals surface area contributed by atoms with Crippen LogP contribution in [-0.2, 0) is 4.79 Å². The summed E-state index contributed by atoms with van der Waals surface area (Å²) in [5, 5.41) is 17.1. The number of carboxylic acid groups (broad SMARTS) is 1. The van der Waals surface area contributed by atoms with Crippen LogP contribution in [0.15, 0.2) is 24.5 Å². The van der Waals surface area contributed by atoms with Gasteiger partial charge in [0.1, 0.15) is 11.6 Å². The Morgan fingerprint density at radius 3 is 3.00 bits per heavy atom. The topological polar surface area (TPSA) is 87.8 Å². The van der Waals surface area contributed by atoms with Gasteiger partial charge in [0.15, 0.2) is 0 Å². The third kappa shape index (κ3) is 1.83. The van der Waals surface area contributed by atoms with Crippen molar-refractivity contribution < 1.29 is 14.7 Å². The second-order valence-electron chi connectivity index (χ2n) is 4.45. The van der Waals surface area contributed by atoms with Crippen molar-refractivity contribution in [2.45, 2.75) is 18.9 Å². The van der Waals surface area contributed by atoms with Gasteiger partial charge in [-0.3, -0.25) is 4.79 Å². The second-order valence-corrected chi connectivity index (χ2v) is 4.45. The smallest absolute Gasteiger partial charge is 0.326 e. The first kappa shape index (κ1) is 11.6. The lowest BCUT2D eigenvalue weighted by Crippen LogP contribution is -2.40. The van der Waals surface area contributed by atoms with Crippen LogP contribution in [0.4, 0.5) is 0 Å². The molecule has 1 fully saturated rings. The Labute approximate surface area is 108 Å². The third-order valence-electron chi connectivity index (χ3n) is 3.33. The van der Waals surface area contributed by atoms with E-state index in [1.807, 2.05) is 0 Å². The summed E-state index contributed by atoms with van der Waals surface area (Å²) >= 11 is 0. The number of hydrogen-bond donors (Lipinski definition) is 1. The normalized spacial score (nSPS) is 18.9. The molecule has 0 spiro atoms. The molecule has 1 aliphatic heterocycles. The molecule has 98 valence electrons. The summed E-state index contributed by atoms with van der Waals surface area (Å²) in [6, 6.07) is 2.71. The van der Waals surface area contributed by atoms with E-state index in [4.69, 9.17) is 5.11 Å². The summed E-state index contributed by atoms with van der Waals surface area (Å²) in [4.78, 5) is 24.9. The van der Waals surface area contributed by atoms with E-state index in [1.54, 1.807) is 18.3 Å². The van der Waals surface area contributed by atoms with Gasteiger partial charge in [-0.15, -0.1) is 0 Å². The average Bonchev–Trinajstić information content (AvgIpc) is 3.05. The molecule has 7 nitrogen and oxygen atoms in total. The first-order valence-corrected chi connectivity index (χ1v) is 6.01. The van der Waals surface area contributed by atoms with Crippen LogP contribution in [0.1, 0.15) is 23.2 Å². The fourth-order valence-corrected chi connectivity index (χ4v) is 2.42. The summed E-state index contributed by atoms with van der Waals surface area (Å²) in [5.41, 5.74) is 0.977. The van der Waals surface area contributed by atoms with Crippen LogP contribution in [0.25, 0.3) is 5.52 Å². The Bertz CT molecular complexity index is 651. The van der Waals surface area contributed by atoms with Crippen molar-refractivity contribution in [2.75, 3.05) is 6.54 Å². The number of carbonyl (C=O) groups excluding carboxylic acids is 1. The number of rotatable bonds is 2. The van der Waals surface area contributed by atoms with Gasteiger partial charge >= 0.3 is 5.97 Å². The van der Waals surface area contributed by atoms with Gasteiger partial charge in [0.05, 0.1) is 11.8 Å². The van der Waals surface area contributed by atoms with Crippen LogP contribution < -0.4 is 0 Å². The molecule has 7 heteroatoms. The van der Waals surface area contributed by atoms with Crippen LogP contribution >= 0.6 is 0 Å². The number of fused-ring (bicyclic) bond motifs is 1. The minimum atomic E-state index is -0.958. The number of carboxylic acids is 1. The van der Waals surface area contributed by atoms with Crippen LogP contribution in [-0.4, -0.2) is 49.3 Å². The highest BCUT2D eigenvalue weighted by Crippen LogP contribution is 2.21. The fourth-order valence-electron chi connectivity index (χ4n) is 2.42. The maximum absolute atomic E-state index is 12.4. The lowest BCUT2D eigenvalue weighted by atomic mass is 10.2. The first-order chi connectivity index (χ1) is 9.18. The molecule has 3 rings (SSSR count). The third-order valence-corrected chi connectivity index (χ3v) is 3.33. The van der Waals surface area contributed by atoms with E-state index in [9.17, 15) is 9.59 Å². The van der Waals surface area contributed by atoms with Crippen molar-refractivity contribution >= 4 is 17.4 Å². The predicted molar refractivity (Wildman–Crippen MR) is 64.7 cm³/mol. The standard InChI is InChI=1S/C12H12N4O3/c17-11(15-6-2-4-10(15)12(18)19)8-7-14-16-9(8)3-1-5-13-16/h1,3,5,7,10H,2,4,6H2,(H,18,19). The summed E-state index contributed by atoms with van der Waals surface area (Å²) in [6.07, 6.45) is 4.21. The molecule has 0 bridgehead atoms. The van der Waals surface area contributed by atoms with E-state index in [0.29, 0.717) is 30.5 Å². The molecule has 1 atom stereocenters. The van der Waals surface area contributed by atoms with Crippen molar-refractivity contribution in [1.29, 1.82) is 0 Å². The molecule has 19 heavy (non-hydrogen) atoms. The molecule has 1 amide bonds. The van der Waals surface area contributed by atoms with Gasteiger partial charge in [-0.1, -0.05) is 0 Å². The van der Waals surface area contributed by atoms with Gasteiger partial charge in [-0.05, 0) is 25.0 Å².